The van der Waals surface area contributed by atoms with Crippen molar-refractivity contribution in [3.8, 4) is 11.5 Å². The molecule has 0 bridgehead atoms. The maximum atomic E-state index is 12.0. The number of unbranched alkanes of at least 4 members (excludes halogenated alkanes) is 1. The first kappa shape index (κ1) is 23.1. The Labute approximate surface area is 195 Å². The van der Waals surface area contributed by atoms with Crippen LogP contribution in [0.4, 0.5) is 5.69 Å². The van der Waals surface area contributed by atoms with Crippen LogP contribution in [-0.4, -0.2) is 77.4 Å². The minimum absolute atomic E-state index is 0. The number of aromatic carboxylic acids is 1. The van der Waals surface area contributed by atoms with Gasteiger partial charge in [-0.2, -0.15) is 0 Å². The van der Waals surface area contributed by atoms with Crippen LogP contribution in [0.15, 0.2) is 47.4 Å². The Morgan fingerprint density at radius 3 is 2.42 bits per heavy atom. The summed E-state index contributed by atoms with van der Waals surface area (Å²) in [4.78, 5) is 10.9. The molecule has 0 spiro atoms. The van der Waals surface area contributed by atoms with E-state index >= 15 is 0 Å². The molecule has 2 aromatic rings. The second-order valence-corrected chi connectivity index (χ2v) is 6.93. The molecule has 0 aromatic heterocycles. The molecule has 2 aromatic carbocycles. The fourth-order valence-corrected chi connectivity index (χ4v) is 2.88. The van der Waals surface area contributed by atoms with Crippen molar-refractivity contribution in [2.24, 2.45) is 5.14 Å². The second kappa shape index (κ2) is 10.4. The first-order chi connectivity index (χ1) is 11.8. The molecule has 0 saturated heterocycles. The van der Waals surface area contributed by atoms with Gasteiger partial charge >= 0.3 is 57.4 Å². The van der Waals surface area contributed by atoms with Crippen molar-refractivity contribution in [1.29, 1.82) is 0 Å². The first-order valence-corrected chi connectivity index (χ1v) is 9.28. The van der Waals surface area contributed by atoms with Crippen molar-refractivity contribution in [3.63, 3.8) is 0 Å². The molecule has 0 radical (unpaired) electrons. The fraction of sp³-hybridized carbons (Fsp3) is 0.235. The molecule has 4 N–H and O–H groups in total. The molecule has 0 unspecified atom stereocenters. The van der Waals surface area contributed by atoms with Gasteiger partial charge in [0.15, 0.2) is 5.75 Å². The van der Waals surface area contributed by atoms with E-state index in [1.165, 1.54) is 6.07 Å². The van der Waals surface area contributed by atoms with Gasteiger partial charge in [0, 0.05) is 6.54 Å². The Morgan fingerprint density at radius 1 is 1.23 bits per heavy atom. The van der Waals surface area contributed by atoms with Crippen molar-refractivity contribution in [2.45, 2.75) is 24.7 Å². The number of nitrogens with two attached hydrogens (primary N) is 1. The van der Waals surface area contributed by atoms with Gasteiger partial charge in [0.05, 0.1) is 11.3 Å². The second-order valence-electron chi connectivity index (χ2n) is 5.40. The molecule has 9 heteroatoms. The number of carbonyl (C=O) groups is 1. The number of rotatable bonds is 8. The summed E-state index contributed by atoms with van der Waals surface area (Å²) in [5.41, 5.74) is 0.0738. The summed E-state index contributed by atoms with van der Waals surface area (Å²) in [6.07, 6.45) is 1.75. The molecule has 7 nitrogen and oxygen atoms in total. The molecule has 0 atom stereocenters. The normalized spacial score (nSPS) is 10.7. The van der Waals surface area contributed by atoms with Crippen LogP contribution in [0.3, 0.4) is 0 Å². The number of para-hydroxylation sites is 1. The van der Waals surface area contributed by atoms with Crippen LogP contribution < -0.4 is 15.2 Å². The van der Waals surface area contributed by atoms with Gasteiger partial charge in [0.2, 0.25) is 10.0 Å². The average molecular weight is 405 g/mol. The average Bonchev–Trinajstić information content (AvgIpc) is 2.56. The molecular weight excluding hydrogens is 383 g/mol. The van der Waals surface area contributed by atoms with Gasteiger partial charge in [0.25, 0.3) is 0 Å². The predicted octanol–water partition coefficient (Wildman–Crippen LogP) is 2.39. The Bertz CT molecular complexity index is 857. The first-order valence-electron chi connectivity index (χ1n) is 7.74. The summed E-state index contributed by atoms with van der Waals surface area (Å²) < 4.78 is 29.7. The van der Waals surface area contributed by atoms with Gasteiger partial charge in [-0.15, -0.1) is 0 Å². The van der Waals surface area contributed by atoms with Gasteiger partial charge in [-0.05, 0) is 30.7 Å². The van der Waals surface area contributed by atoms with Gasteiger partial charge < -0.3 is 15.2 Å². The van der Waals surface area contributed by atoms with Crippen molar-refractivity contribution >= 4 is 73.1 Å². The number of ether oxygens (including phenoxy) is 1. The molecule has 0 aliphatic heterocycles. The number of hydrogen-bond acceptors (Lipinski definition) is 5. The summed E-state index contributed by atoms with van der Waals surface area (Å²) in [5, 5.41) is 17.6. The number of carboxylic acid groups (broad SMARTS) is 1. The summed E-state index contributed by atoms with van der Waals surface area (Å²) >= 11 is 0. The van der Waals surface area contributed by atoms with Gasteiger partial charge in [-0.25, -0.2) is 18.4 Å². The van der Waals surface area contributed by atoms with Crippen LogP contribution in [0, 0.1) is 0 Å². The zero-order valence-corrected chi connectivity index (χ0v) is 14.5. The molecule has 0 saturated carbocycles. The molecule has 0 amide bonds. The number of hydrogen-bond donors (Lipinski definition) is 3. The van der Waals surface area contributed by atoms with Crippen molar-refractivity contribution in [3.05, 3.63) is 48.0 Å². The van der Waals surface area contributed by atoms with Crippen molar-refractivity contribution in [1.82, 2.24) is 0 Å². The quantitative estimate of drug-likeness (QED) is 0.459. The molecule has 0 fully saturated rings. The zero-order chi connectivity index (χ0) is 18.4. The van der Waals surface area contributed by atoms with E-state index in [1.807, 2.05) is 6.92 Å². The Kier molecular flexibility index (Phi) is 9.24. The summed E-state index contributed by atoms with van der Waals surface area (Å²) in [7, 11) is -4.19. The standard InChI is InChI=1S/C17H20N2O5S.K.H/c1-2-3-9-19-14-10-12(17(20)21)11-15(25(18,22)23)16(14)24-13-7-5-4-6-8-13;;/h4-8,10-11,19H,2-3,9H2,1H3,(H,20,21)(H2,18,22,23);;. The number of sulfonamides is 1. The van der Waals surface area contributed by atoms with E-state index < -0.39 is 16.0 Å². The molecule has 26 heavy (non-hydrogen) atoms. The van der Waals surface area contributed by atoms with E-state index in [-0.39, 0.29) is 73.3 Å². The van der Waals surface area contributed by atoms with Crippen LogP contribution in [0.1, 0.15) is 30.1 Å². The molecule has 2 rings (SSSR count). The van der Waals surface area contributed by atoms with E-state index in [0.29, 0.717) is 12.3 Å². The maximum absolute atomic E-state index is 12.0. The molecule has 0 aliphatic carbocycles. The number of primary sulfonamides is 1. The Balaban J connectivity index is 0.00000338. The summed E-state index contributed by atoms with van der Waals surface area (Å²) in [6, 6.07) is 10.9. The van der Waals surface area contributed by atoms with Gasteiger partial charge in [0.1, 0.15) is 10.6 Å². The van der Waals surface area contributed by atoms with Gasteiger partial charge in [-0.3, -0.25) is 0 Å². The zero-order valence-electron chi connectivity index (χ0n) is 13.7. The van der Waals surface area contributed by atoms with E-state index in [4.69, 9.17) is 9.88 Å². The third-order valence-electron chi connectivity index (χ3n) is 3.42. The third-order valence-corrected chi connectivity index (χ3v) is 4.33. The van der Waals surface area contributed by atoms with E-state index in [1.54, 1.807) is 30.3 Å². The van der Waals surface area contributed by atoms with Crippen LogP contribution >= 0.6 is 0 Å². The molecule has 136 valence electrons. The SMILES string of the molecule is CCCCNc1cc(C(=O)O)cc(S(N)(=O)=O)c1Oc1ccccc1.[KH]. The fourth-order valence-electron chi connectivity index (χ4n) is 2.18. The summed E-state index contributed by atoms with van der Waals surface area (Å²) in [6.45, 7) is 2.54. The topological polar surface area (TPSA) is 119 Å². The Morgan fingerprint density at radius 2 is 1.88 bits per heavy atom. The summed E-state index contributed by atoms with van der Waals surface area (Å²) in [5.74, 6) is -0.862. The van der Waals surface area contributed by atoms with Crippen molar-refractivity contribution < 1.29 is 23.1 Å². The number of anilines is 1. The van der Waals surface area contributed by atoms with Gasteiger partial charge in [-0.1, -0.05) is 31.5 Å². The van der Waals surface area contributed by atoms with Crippen LogP contribution in [0.5, 0.6) is 11.5 Å². The third kappa shape index (κ3) is 6.34. The van der Waals surface area contributed by atoms with E-state index in [9.17, 15) is 18.3 Å². The molecule has 0 heterocycles. The van der Waals surface area contributed by atoms with E-state index in [2.05, 4.69) is 5.32 Å². The molecular formula is C17H21KN2O5S. The number of benzene rings is 2. The molecule has 0 aliphatic rings. The van der Waals surface area contributed by atoms with E-state index in [0.717, 1.165) is 18.9 Å². The predicted molar refractivity (Wildman–Crippen MR) is 102 cm³/mol. The number of nitrogens with one attached hydrogen (secondary N) is 1. The van der Waals surface area contributed by atoms with Crippen LogP contribution in [0.2, 0.25) is 0 Å². The van der Waals surface area contributed by atoms with Crippen LogP contribution in [0.25, 0.3) is 0 Å². The minimum atomic E-state index is -4.19. The monoisotopic (exact) mass is 404 g/mol. The van der Waals surface area contributed by atoms with Crippen molar-refractivity contribution in [2.75, 3.05) is 11.9 Å². The van der Waals surface area contributed by atoms with Crippen LogP contribution in [-0.2, 0) is 10.0 Å². The number of carboxylic acids is 1. The Hall–Kier alpha value is -0.944.